The number of para-hydroxylation sites is 1. The summed E-state index contributed by atoms with van der Waals surface area (Å²) in [5, 5.41) is 4.87. The monoisotopic (exact) mass is 286 g/mol. The number of fused-ring (bicyclic) bond motifs is 1. The maximum atomic E-state index is 5.58. The normalized spacial score (nSPS) is 13.0. The van der Waals surface area contributed by atoms with E-state index in [4.69, 9.17) is 4.74 Å². The lowest BCUT2D eigenvalue weighted by molar-refractivity contribution is 0.108. The fraction of sp³-hybridized carbons (Fsp3) is 0.500. The molecule has 2 aromatic rings. The lowest BCUT2D eigenvalue weighted by atomic mass is 10.0. The molecule has 114 valence electrons. The van der Waals surface area contributed by atoms with Crippen molar-refractivity contribution in [2.75, 3.05) is 13.2 Å². The summed E-state index contributed by atoms with van der Waals surface area (Å²) in [6, 6.07) is 10.9. The molecule has 2 rings (SSSR count). The first-order chi connectivity index (χ1) is 10.1. The third kappa shape index (κ3) is 4.26. The topological polar surface area (TPSA) is 34.1 Å². The van der Waals surface area contributed by atoms with Crippen molar-refractivity contribution in [2.24, 2.45) is 5.92 Å². The van der Waals surface area contributed by atoms with Crippen molar-refractivity contribution in [3.8, 4) is 0 Å². The van der Waals surface area contributed by atoms with Crippen LogP contribution in [0.5, 0.6) is 0 Å². The van der Waals surface area contributed by atoms with E-state index in [1.54, 1.807) is 0 Å². The maximum absolute atomic E-state index is 5.58. The number of nitrogens with zero attached hydrogens (tertiary/aromatic N) is 1. The van der Waals surface area contributed by atoms with Gasteiger partial charge in [-0.15, -0.1) is 0 Å². The number of ether oxygens (including phenoxy) is 1. The Morgan fingerprint density at radius 3 is 2.71 bits per heavy atom. The molecule has 1 heterocycles. The van der Waals surface area contributed by atoms with Crippen LogP contribution < -0.4 is 5.32 Å². The molecule has 0 radical (unpaired) electrons. The van der Waals surface area contributed by atoms with Gasteiger partial charge in [-0.3, -0.25) is 4.98 Å². The second-order valence-corrected chi connectivity index (χ2v) is 5.83. The Labute approximate surface area is 127 Å². The second kappa shape index (κ2) is 7.53. The highest BCUT2D eigenvalue weighted by atomic mass is 16.5. The van der Waals surface area contributed by atoms with E-state index in [1.165, 1.54) is 10.9 Å². The molecule has 3 nitrogen and oxygen atoms in total. The maximum Gasteiger partial charge on any atom is 0.0708 e. The van der Waals surface area contributed by atoms with E-state index in [9.17, 15) is 0 Å². The Hall–Kier alpha value is -1.45. The van der Waals surface area contributed by atoms with E-state index < -0.39 is 0 Å². The van der Waals surface area contributed by atoms with Gasteiger partial charge in [-0.1, -0.05) is 32.0 Å². The molecule has 0 aliphatic carbocycles. The SMILES string of the molecule is CCOCC(NCc1cc(C)nc2ccccc12)C(C)C. The molecule has 0 aliphatic rings. The smallest absolute Gasteiger partial charge is 0.0708 e. The molecule has 0 saturated carbocycles. The highest BCUT2D eigenvalue weighted by Crippen LogP contribution is 2.18. The molecule has 1 aromatic heterocycles. The van der Waals surface area contributed by atoms with Crippen LogP contribution in [0.25, 0.3) is 10.9 Å². The standard InChI is InChI=1S/C18H26N2O/c1-5-21-12-18(13(2)3)19-11-15-10-14(4)20-17-9-7-6-8-16(15)17/h6-10,13,18-19H,5,11-12H2,1-4H3. The minimum Gasteiger partial charge on any atom is -0.380 e. The molecule has 0 bridgehead atoms. The van der Waals surface area contributed by atoms with Crippen molar-refractivity contribution in [2.45, 2.75) is 40.3 Å². The van der Waals surface area contributed by atoms with Gasteiger partial charge in [0.1, 0.15) is 0 Å². The fourth-order valence-corrected chi connectivity index (χ4v) is 2.51. The van der Waals surface area contributed by atoms with Gasteiger partial charge >= 0.3 is 0 Å². The second-order valence-electron chi connectivity index (χ2n) is 5.83. The fourth-order valence-electron chi connectivity index (χ4n) is 2.51. The van der Waals surface area contributed by atoms with Crippen molar-refractivity contribution in [3.05, 3.63) is 41.6 Å². The van der Waals surface area contributed by atoms with Crippen LogP contribution in [0.3, 0.4) is 0 Å². The molecule has 1 N–H and O–H groups in total. The first kappa shape index (κ1) is 15.9. The first-order valence-corrected chi connectivity index (χ1v) is 7.78. The number of benzene rings is 1. The highest BCUT2D eigenvalue weighted by Gasteiger charge is 2.13. The molecule has 0 amide bonds. The Bertz CT molecular complexity index is 580. The van der Waals surface area contributed by atoms with Crippen LogP contribution in [-0.2, 0) is 11.3 Å². The van der Waals surface area contributed by atoms with Gasteiger partial charge in [0.05, 0.1) is 12.1 Å². The lowest BCUT2D eigenvalue weighted by Gasteiger charge is -2.22. The van der Waals surface area contributed by atoms with Crippen molar-refractivity contribution >= 4 is 10.9 Å². The molecule has 0 fully saturated rings. The van der Waals surface area contributed by atoms with Crippen LogP contribution in [0.1, 0.15) is 32.0 Å². The molecule has 0 saturated heterocycles. The zero-order valence-corrected chi connectivity index (χ0v) is 13.5. The number of aromatic nitrogens is 1. The third-order valence-electron chi connectivity index (χ3n) is 3.79. The van der Waals surface area contributed by atoms with E-state index in [2.05, 4.69) is 55.3 Å². The van der Waals surface area contributed by atoms with Crippen LogP contribution >= 0.6 is 0 Å². The van der Waals surface area contributed by atoms with Gasteiger partial charge in [0.2, 0.25) is 0 Å². The van der Waals surface area contributed by atoms with E-state index in [-0.39, 0.29) is 0 Å². The van der Waals surface area contributed by atoms with E-state index >= 15 is 0 Å². The number of pyridine rings is 1. The quantitative estimate of drug-likeness (QED) is 0.843. The zero-order valence-electron chi connectivity index (χ0n) is 13.5. The molecule has 3 heteroatoms. The Morgan fingerprint density at radius 2 is 2.00 bits per heavy atom. The van der Waals surface area contributed by atoms with Gasteiger partial charge in [-0.25, -0.2) is 0 Å². The average Bonchev–Trinajstić information content (AvgIpc) is 2.46. The Kier molecular flexibility index (Phi) is 5.71. The van der Waals surface area contributed by atoms with E-state index in [1.807, 2.05) is 13.0 Å². The average molecular weight is 286 g/mol. The number of aryl methyl sites for hydroxylation is 1. The summed E-state index contributed by atoms with van der Waals surface area (Å²) in [4.78, 5) is 4.60. The molecule has 1 aromatic carbocycles. The van der Waals surface area contributed by atoms with Crippen molar-refractivity contribution in [3.63, 3.8) is 0 Å². The van der Waals surface area contributed by atoms with Gasteiger partial charge in [0.15, 0.2) is 0 Å². The van der Waals surface area contributed by atoms with Crippen LogP contribution in [0.2, 0.25) is 0 Å². The summed E-state index contributed by atoms with van der Waals surface area (Å²) in [6.07, 6.45) is 0. The summed E-state index contributed by atoms with van der Waals surface area (Å²) in [7, 11) is 0. The predicted molar refractivity (Wildman–Crippen MR) is 88.4 cm³/mol. The van der Waals surface area contributed by atoms with Crippen LogP contribution in [0, 0.1) is 12.8 Å². The summed E-state index contributed by atoms with van der Waals surface area (Å²) < 4.78 is 5.58. The van der Waals surface area contributed by atoms with Crippen LogP contribution in [-0.4, -0.2) is 24.2 Å². The lowest BCUT2D eigenvalue weighted by Crippen LogP contribution is -2.37. The minimum atomic E-state index is 0.372. The third-order valence-corrected chi connectivity index (χ3v) is 3.79. The molecule has 1 atom stereocenters. The first-order valence-electron chi connectivity index (χ1n) is 7.78. The number of rotatable bonds is 7. The number of nitrogens with one attached hydrogen (secondary N) is 1. The van der Waals surface area contributed by atoms with Gasteiger partial charge in [0, 0.05) is 30.3 Å². The summed E-state index contributed by atoms with van der Waals surface area (Å²) >= 11 is 0. The van der Waals surface area contributed by atoms with E-state index in [0.29, 0.717) is 12.0 Å². The number of hydrogen-bond acceptors (Lipinski definition) is 3. The number of hydrogen-bond donors (Lipinski definition) is 1. The highest BCUT2D eigenvalue weighted by molar-refractivity contribution is 5.82. The Balaban J connectivity index is 2.15. The predicted octanol–water partition coefficient (Wildman–Crippen LogP) is 3.69. The molecule has 0 aliphatic heterocycles. The van der Waals surface area contributed by atoms with Gasteiger partial charge in [-0.2, -0.15) is 0 Å². The summed E-state index contributed by atoms with van der Waals surface area (Å²) in [6.45, 7) is 10.9. The van der Waals surface area contributed by atoms with Crippen molar-refractivity contribution < 1.29 is 4.74 Å². The van der Waals surface area contributed by atoms with Crippen LogP contribution in [0.15, 0.2) is 30.3 Å². The summed E-state index contributed by atoms with van der Waals surface area (Å²) in [5.41, 5.74) is 3.44. The Morgan fingerprint density at radius 1 is 1.24 bits per heavy atom. The zero-order chi connectivity index (χ0) is 15.2. The molecule has 0 spiro atoms. The van der Waals surface area contributed by atoms with Crippen LogP contribution in [0.4, 0.5) is 0 Å². The van der Waals surface area contributed by atoms with Gasteiger partial charge in [0.25, 0.3) is 0 Å². The molecular weight excluding hydrogens is 260 g/mol. The largest absolute Gasteiger partial charge is 0.380 e. The summed E-state index contributed by atoms with van der Waals surface area (Å²) in [5.74, 6) is 0.547. The minimum absolute atomic E-state index is 0.372. The molecule has 21 heavy (non-hydrogen) atoms. The van der Waals surface area contributed by atoms with Gasteiger partial charge in [-0.05, 0) is 37.5 Å². The molecule has 1 unspecified atom stereocenters. The van der Waals surface area contributed by atoms with Gasteiger partial charge < -0.3 is 10.1 Å². The van der Waals surface area contributed by atoms with E-state index in [0.717, 1.165) is 31.0 Å². The van der Waals surface area contributed by atoms with Crippen molar-refractivity contribution in [1.29, 1.82) is 0 Å². The van der Waals surface area contributed by atoms with Crippen molar-refractivity contribution in [1.82, 2.24) is 10.3 Å². The molecular formula is C18H26N2O.